The van der Waals surface area contributed by atoms with Gasteiger partial charge in [0.2, 0.25) is 6.29 Å². The molecule has 1 atom stereocenters. The second-order valence-electron chi connectivity index (χ2n) is 2.97. The zero-order valence-electron chi connectivity index (χ0n) is 9.02. The summed E-state index contributed by atoms with van der Waals surface area (Å²) >= 11 is 0. The van der Waals surface area contributed by atoms with E-state index >= 15 is 0 Å². The molecule has 1 unspecified atom stereocenters. The summed E-state index contributed by atoms with van der Waals surface area (Å²) in [5.74, 6) is 1.02. The number of ether oxygens (including phenoxy) is 3. The summed E-state index contributed by atoms with van der Waals surface area (Å²) in [4.78, 5) is 10.6. The molecular weight excluding hydrogens is 196 g/mol. The molecule has 0 saturated heterocycles. The molecule has 0 heterocycles. The summed E-state index contributed by atoms with van der Waals surface area (Å²) in [5, 5.41) is 0. The summed E-state index contributed by atoms with van der Waals surface area (Å²) in [6.07, 6.45) is -0.587. The van der Waals surface area contributed by atoms with Crippen molar-refractivity contribution >= 4 is 5.97 Å². The number of benzene rings is 1. The molecule has 0 spiro atoms. The molecule has 15 heavy (non-hydrogen) atoms. The van der Waals surface area contributed by atoms with E-state index in [2.05, 4.69) is 0 Å². The van der Waals surface area contributed by atoms with Crippen LogP contribution in [0.4, 0.5) is 0 Å². The van der Waals surface area contributed by atoms with Crippen molar-refractivity contribution in [3.05, 3.63) is 24.3 Å². The van der Waals surface area contributed by atoms with Gasteiger partial charge in [0.05, 0.1) is 7.11 Å². The van der Waals surface area contributed by atoms with Gasteiger partial charge in [-0.1, -0.05) is 0 Å². The Morgan fingerprint density at radius 1 is 1.20 bits per heavy atom. The van der Waals surface area contributed by atoms with Crippen molar-refractivity contribution < 1.29 is 19.0 Å². The van der Waals surface area contributed by atoms with Crippen LogP contribution in [-0.4, -0.2) is 19.4 Å². The predicted molar refractivity (Wildman–Crippen MR) is 54.9 cm³/mol. The van der Waals surface area contributed by atoms with E-state index in [0.29, 0.717) is 5.75 Å². The van der Waals surface area contributed by atoms with Gasteiger partial charge in [-0.25, -0.2) is 0 Å². The topological polar surface area (TPSA) is 44.8 Å². The first-order valence-corrected chi connectivity index (χ1v) is 4.59. The van der Waals surface area contributed by atoms with Gasteiger partial charge in [0.1, 0.15) is 11.5 Å². The van der Waals surface area contributed by atoms with Crippen LogP contribution in [0.2, 0.25) is 0 Å². The fourth-order valence-corrected chi connectivity index (χ4v) is 1.10. The van der Waals surface area contributed by atoms with Gasteiger partial charge in [-0.2, -0.15) is 0 Å². The van der Waals surface area contributed by atoms with Gasteiger partial charge in [-0.15, -0.1) is 0 Å². The maximum Gasteiger partial charge on any atom is 0.305 e. The van der Waals surface area contributed by atoms with E-state index in [-0.39, 0.29) is 5.97 Å². The Balaban J connectivity index is 2.53. The van der Waals surface area contributed by atoms with Crippen molar-refractivity contribution in [1.82, 2.24) is 0 Å². The highest BCUT2D eigenvalue weighted by Gasteiger charge is 2.06. The minimum absolute atomic E-state index is 0.365. The number of esters is 1. The molecule has 0 N–H and O–H groups in total. The molecule has 0 bridgehead atoms. The summed E-state index contributed by atoms with van der Waals surface area (Å²) in [6.45, 7) is 3.00. The molecule has 0 fully saturated rings. The zero-order valence-corrected chi connectivity index (χ0v) is 9.02. The third kappa shape index (κ3) is 3.89. The second kappa shape index (κ2) is 5.24. The van der Waals surface area contributed by atoms with Crippen LogP contribution in [0.1, 0.15) is 13.8 Å². The first-order chi connectivity index (χ1) is 7.11. The first-order valence-electron chi connectivity index (χ1n) is 4.59. The number of hydrogen-bond acceptors (Lipinski definition) is 4. The highest BCUT2D eigenvalue weighted by Crippen LogP contribution is 2.18. The van der Waals surface area contributed by atoms with E-state index in [4.69, 9.17) is 14.2 Å². The Bertz CT molecular complexity index is 318. The van der Waals surface area contributed by atoms with E-state index in [1.807, 2.05) is 0 Å². The molecule has 0 amide bonds. The number of carbonyl (C=O) groups excluding carboxylic acids is 1. The average molecular weight is 210 g/mol. The van der Waals surface area contributed by atoms with Gasteiger partial charge in [-0.05, 0) is 24.3 Å². The molecule has 0 aliphatic rings. The molecule has 4 nitrogen and oxygen atoms in total. The van der Waals surface area contributed by atoms with Crippen LogP contribution in [0.15, 0.2) is 24.3 Å². The molecular formula is C11H14O4. The van der Waals surface area contributed by atoms with E-state index in [9.17, 15) is 4.79 Å². The van der Waals surface area contributed by atoms with Crippen LogP contribution in [0.3, 0.4) is 0 Å². The van der Waals surface area contributed by atoms with Crippen LogP contribution < -0.4 is 9.47 Å². The molecule has 82 valence electrons. The van der Waals surface area contributed by atoms with Crippen molar-refractivity contribution in [3.63, 3.8) is 0 Å². The monoisotopic (exact) mass is 210 g/mol. The van der Waals surface area contributed by atoms with Crippen molar-refractivity contribution in [2.75, 3.05) is 7.11 Å². The Hall–Kier alpha value is -1.71. The fourth-order valence-electron chi connectivity index (χ4n) is 1.10. The quantitative estimate of drug-likeness (QED) is 0.563. The molecule has 0 radical (unpaired) electrons. The number of rotatable bonds is 4. The third-order valence-corrected chi connectivity index (χ3v) is 1.69. The second-order valence-corrected chi connectivity index (χ2v) is 2.97. The lowest BCUT2D eigenvalue weighted by molar-refractivity contribution is -0.158. The van der Waals surface area contributed by atoms with Gasteiger partial charge in [0.25, 0.3) is 0 Å². The van der Waals surface area contributed by atoms with Crippen LogP contribution in [-0.2, 0) is 9.53 Å². The molecule has 4 heteroatoms. The van der Waals surface area contributed by atoms with E-state index < -0.39 is 6.29 Å². The highest BCUT2D eigenvalue weighted by molar-refractivity contribution is 5.66. The average Bonchev–Trinajstić information content (AvgIpc) is 2.17. The fraction of sp³-hybridized carbons (Fsp3) is 0.364. The standard InChI is InChI=1S/C11H14O4/c1-8(12)14-9(2)15-11-6-4-10(13-3)5-7-11/h4-7,9H,1-3H3. The largest absolute Gasteiger partial charge is 0.497 e. The number of methoxy groups -OCH3 is 1. The van der Waals surface area contributed by atoms with Gasteiger partial charge < -0.3 is 14.2 Å². The summed E-state index contributed by atoms with van der Waals surface area (Å²) < 4.78 is 15.1. The molecule has 1 rings (SSSR count). The smallest absolute Gasteiger partial charge is 0.305 e. The minimum atomic E-state index is -0.587. The van der Waals surface area contributed by atoms with E-state index in [0.717, 1.165) is 5.75 Å². The molecule has 1 aromatic carbocycles. The third-order valence-electron chi connectivity index (χ3n) is 1.69. The predicted octanol–water partition coefficient (Wildman–Crippen LogP) is 1.98. The van der Waals surface area contributed by atoms with Crippen LogP contribution in [0.25, 0.3) is 0 Å². The van der Waals surface area contributed by atoms with Crippen LogP contribution in [0.5, 0.6) is 11.5 Å². The van der Waals surface area contributed by atoms with Crippen molar-refractivity contribution in [1.29, 1.82) is 0 Å². The van der Waals surface area contributed by atoms with Gasteiger partial charge in [0.15, 0.2) is 0 Å². The van der Waals surface area contributed by atoms with Gasteiger partial charge >= 0.3 is 5.97 Å². The SMILES string of the molecule is COc1ccc(OC(C)OC(C)=O)cc1. The lowest BCUT2D eigenvalue weighted by Crippen LogP contribution is -2.18. The Morgan fingerprint density at radius 2 is 1.73 bits per heavy atom. The lowest BCUT2D eigenvalue weighted by Gasteiger charge is -2.14. The van der Waals surface area contributed by atoms with Crippen LogP contribution >= 0.6 is 0 Å². The molecule has 0 aliphatic carbocycles. The van der Waals surface area contributed by atoms with Crippen molar-refractivity contribution in [3.8, 4) is 11.5 Å². The zero-order chi connectivity index (χ0) is 11.3. The summed E-state index contributed by atoms with van der Waals surface area (Å²) in [5.41, 5.74) is 0. The van der Waals surface area contributed by atoms with Gasteiger partial charge in [0, 0.05) is 13.8 Å². The number of hydrogen-bond donors (Lipinski definition) is 0. The molecule has 0 aliphatic heterocycles. The van der Waals surface area contributed by atoms with E-state index in [1.54, 1.807) is 38.3 Å². The normalized spacial score (nSPS) is 11.7. The Labute approximate surface area is 88.8 Å². The minimum Gasteiger partial charge on any atom is -0.497 e. The Morgan fingerprint density at radius 3 is 2.20 bits per heavy atom. The van der Waals surface area contributed by atoms with Gasteiger partial charge in [-0.3, -0.25) is 4.79 Å². The molecule has 1 aromatic rings. The first kappa shape index (κ1) is 11.4. The van der Waals surface area contributed by atoms with Crippen molar-refractivity contribution in [2.24, 2.45) is 0 Å². The van der Waals surface area contributed by atoms with Crippen molar-refractivity contribution in [2.45, 2.75) is 20.1 Å². The summed E-state index contributed by atoms with van der Waals surface area (Å²) in [7, 11) is 1.59. The Kier molecular flexibility index (Phi) is 3.97. The molecule has 0 saturated carbocycles. The summed E-state index contributed by atoms with van der Waals surface area (Å²) in [6, 6.07) is 7.04. The maximum atomic E-state index is 10.6. The number of carbonyl (C=O) groups is 1. The van der Waals surface area contributed by atoms with E-state index in [1.165, 1.54) is 6.92 Å². The lowest BCUT2D eigenvalue weighted by atomic mass is 10.3. The molecule has 0 aromatic heterocycles. The van der Waals surface area contributed by atoms with Crippen LogP contribution in [0, 0.1) is 0 Å². The maximum absolute atomic E-state index is 10.6. The highest BCUT2D eigenvalue weighted by atomic mass is 16.7.